The molecule has 26 heavy (non-hydrogen) atoms. The standard InChI is InChI=1S/C18H18N2O5S/c1-24-16-9-13-5-8-18(21)20(15(13)10-17(16)25-2)11-12-3-6-14(7-4-12)19-26(22)23/h3-10,26H,11H2,1-2H3,(H,19,22,23). The minimum Gasteiger partial charge on any atom is -0.493 e. The van der Waals surface area contributed by atoms with Crippen molar-refractivity contribution in [3.8, 4) is 11.5 Å². The highest BCUT2D eigenvalue weighted by Gasteiger charge is 2.10. The third kappa shape index (κ3) is 3.65. The number of fused-ring (bicyclic) bond motifs is 1. The molecule has 0 radical (unpaired) electrons. The molecule has 0 amide bonds. The second-order valence-corrected chi connectivity index (χ2v) is 6.33. The molecular weight excluding hydrogens is 356 g/mol. The molecule has 0 atom stereocenters. The zero-order chi connectivity index (χ0) is 18.7. The molecular formula is C18H18N2O5S. The average molecular weight is 374 g/mol. The molecule has 0 aliphatic rings. The van der Waals surface area contributed by atoms with E-state index in [0.717, 1.165) is 16.5 Å². The van der Waals surface area contributed by atoms with Crippen molar-refractivity contribution in [2.75, 3.05) is 18.9 Å². The summed E-state index contributed by atoms with van der Waals surface area (Å²) in [6, 6.07) is 13.7. The first kappa shape index (κ1) is 17.8. The van der Waals surface area contributed by atoms with Crippen LogP contribution in [0.1, 0.15) is 5.56 Å². The summed E-state index contributed by atoms with van der Waals surface area (Å²) < 4.78 is 36.0. The van der Waals surface area contributed by atoms with E-state index in [-0.39, 0.29) is 5.56 Å². The number of benzene rings is 2. The minimum absolute atomic E-state index is 0.144. The van der Waals surface area contributed by atoms with E-state index in [9.17, 15) is 13.2 Å². The largest absolute Gasteiger partial charge is 0.493 e. The van der Waals surface area contributed by atoms with Crippen LogP contribution in [-0.2, 0) is 17.4 Å². The summed E-state index contributed by atoms with van der Waals surface area (Å²) >= 11 is 0. The van der Waals surface area contributed by atoms with Crippen LogP contribution in [0, 0.1) is 0 Å². The fourth-order valence-corrected chi connectivity index (χ4v) is 3.12. The van der Waals surface area contributed by atoms with Gasteiger partial charge in [0.25, 0.3) is 5.56 Å². The Morgan fingerprint density at radius 2 is 1.62 bits per heavy atom. The van der Waals surface area contributed by atoms with E-state index in [1.165, 1.54) is 6.07 Å². The molecule has 7 nitrogen and oxygen atoms in total. The number of rotatable bonds is 6. The second-order valence-electron chi connectivity index (χ2n) is 5.59. The van der Waals surface area contributed by atoms with Gasteiger partial charge in [-0.2, -0.15) is 0 Å². The molecule has 0 unspecified atom stereocenters. The minimum atomic E-state index is -2.70. The number of hydrogen-bond acceptors (Lipinski definition) is 5. The molecule has 0 bridgehead atoms. The first-order valence-electron chi connectivity index (χ1n) is 7.77. The normalized spacial score (nSPS) is 10.9. The average Bonchev–Trinajstić information content (AvgIpc) is 2.64. The van der Waals surface area contributed by atoms with Crippen LogP contribution in [0.5, 0.6) is 11.5 Å². The van der Waals surface area contributed by atoms with Gasteiger partial charge in [0.2, 0.25) is 10.9 Å². The molecule has 8 heteroatoms. The summed E-state index contributed by atoms with van der Waals surface area (Å²) in [4.78, 5) is 12.4. The Balaban J connectivity index is 2.03. The van der Waals surface area contributed by atoms with Crippen LogP contribution in [0.25, 0.3) is 10.9 Å². The number of ether oxygens (including phenoxy) is 2. The highest BCUT2D eigenvalue weighted by Crippen LogP contribution is 2.31. The van der Waals surface area contributed by atoms with E-state index in [2.05, 4.69) is 4.72 Å². The highest BCUT2D eigenvalue weighted by molar-refractivity contribution is 7.73. The van der Waals surface area contributed by atoms with Gasteiger partial charge in [-0.3, -0.25) is 9.52 Å². The molecule has 1 heterocycles. The smallest absolute Gasteiger partial charge is 0.251 e. The fraction of sp³-hybridized carbons (Fsp3) is 0.167. The van der Waals surface area contributed by atoms with Gasteiger partial charge in [0.15, 0.2) is 11.5 Å². The molecule has 0 aliphatic heterocycles. The topological polar surface area (TPSA) is 86.6 Å². The molecule has 0 fully saturated rings. The number of methoxy groups -OCH3 is 2. The molecule has 3 rings (SSSR count). The van der Waals surface area contributed by atoms with Crippen molar-refractivity contribution in [1.82, 2.24) is 4.57 Å². The first-order chi connectivity index (χ1) is 12.5. The predicted octanol–water partition coefficient (Wildman–Crippen LogP) is 2.01. The molecule has 2 aromatic carbocycles. The summed E-state index contributed by atoms with van der Waals surface area (Å²) in [7, 11) is 0.399. The quantitative estimate of drug-likeness (QED) is 0.645. The van der Waals surface area contributed by atoms with Crippen molar-refractivity contribution in [1.29, 1.82) is 0 Å². The Labute approximate surface area is 151 Å². The summed E-state index contributed by atoms with van der Waals surface area (Å²) in [6.07, 6.45) is 0. The second kappa shape index (κ2) is 7.49. The van der Waals surface area contributed by atoms with Crippen LogP contribution in [0.2, 0.25) is 0 Å². The van der Waals surface area contributed by atoms with E-state index in [1.807, 2.05) is 6.07 Å². The maximum Gasteiger partial charge on any atom is 0.251 e. The fourth-order valence-electron chi connectivity index (χ4n) is 2.76. The Morgan fingerprint density at radius 3 is 2.23 bits per heavy atom. The SMILES string of the molecule is COc1cc2ccc(=O)n(Cc3ccc(N[SH](=O)=O)cc3)c2cc1OC. The van der Waals surface area contributed by atoms with Gasteiger partial charge >= 0.3 is 0 Å². The number of pyridine rings is 1. The van der Waals surface area contributed by atoms with Crippen molar-refractivity contribution in [3.63, 3.8) is 0 Å². The molecule has 0 saturated carbocycles. The summed E-state index contributed by atoms with van der Waals surface area (Å²) in [6.45, 7) is 0.343. The van der Waals surface area contributed by atoms with Gasteiger partial charge in [-0.05, 0) is 29.8 Å². The number of hydrogen-bond donors (Lipinski definition) is 2. The number of aromatic nitrogens is 1. The lowest BCUT2D eigenvalue weighted by atomic mass is 10.1. The Hall–Kier alpha value is -3.00. The molecule has 1 N–H and O–H groups in total. The van der Waals surface area contributed by atoms with Gasteiger partial charge in [-0.25, -0.2) is 8.42 Å². The van der Waals surface area contributed by atoms with Crippen molar-refractivity contribution < 1.29 is 17.9 Å². The third-order valence-electron chi connectivity index (χ3n) is 4.01. The summed E-state index contributed by atoms with van der Waals surface area (Å²) in [5.41, 5.74) is 1.91. The lowest BCUT2D eigenvalue weighted by Crippen LogP contribution is -2.20. The monoisotopic (exact) mass is 374 g/mol. The van der Waals surface area contributed by atoms with Crippen LogP contribution in [0.4, 0.5) is 5.69 Å². The van der Waals surface area contributed by atoms with Gasteiger partial charge in [0.1, 0.15) is 0 Å². The van der Waals surface area contributed by atoms with E-state index in [0.29, 0.717) is 23.7 Å². The van der Waals surface area contributed by atoms with Gasteiger partial charge < -0.3 is 14.0 Å². The number of thiol groups is 1. The van der Waals surface area contributed by atoms with Crippen molar-refractivity contribution in [2.45, 2.75) is 6.54 Å². The Morgan fingerprint density at radius 1 is 0.962 bits per heavy atom. The van der Waals surface area contributed by atoms with Crippen molar-refractivity contribution in [2.24, 2.45) is 0 Å². The molecule has 136 valence electrons. The molecule has 1 aromatic heterocycles. The van der Waals surface area contributed by atoms with Crippen LogP contribution in [0.15, 0.2) is 53.3 Å². The maximum atomic E-state index is 12.4. The van der Waals surface area contributed by atoms with Crippen LogP contribution >= 0.6 is 0 Å². The number of anilines is 1. The lowest BCUT2D eigenvalue weighted by molar-refractivity contribution is 0.355. The first-order valence-corrected chi connectivity index (χ1v) is 8.95. The van der Waals surface area contributed by atoms with Gasteiger partial charge in [0, 0.05) is 23.2 Å². The van der Waals surface area contributed by atoms with Crippen molar-refractivity contribution in [3.05, 3.63) is 64.4 Å². The Bertz CT molecular complexity index is 1060. The van der Waals surface area contributed by atoms with Crippen LogP contribution in [-0.4, -0.2) is 27.2 Å². The van der Waals surface area contributed by atoms with E-state index >= 15 is 0 Å². The number of nitrogens with one attached hydrogen (secondary N) is 1. The van der Waals surface area contributed by atoms with Gasteiger partial charge in [-0.15, -0.1) is 0 Å². The lowest BCUT2D eigenvalue weighted by Gasteiger charge is -2.14. The third-order valence-corrected chi connectivity index (χ3v) is 4.45. The summed E-state index contributed by atoms with van der Waals surface area (Å²) in [5, 5.41) is 0.851. The summed E-state index contributed by atoms with van der Waals surface area (Å²) in [5.74, 6) is 1.13. The molecule has 3 aromatic rings. The molecule has 0 aliphatic carbocycles. The highest BCUT2D eigenvalue weighted by atomic mass is 32.2. The van der Waals surface area contributed by atoms with E-state index in [1.54, 1.807) is 55.2 Å². The number of nitrogens with zero attached hydrogens (tertiary/aromatic N) is 1. The zero-order valence-corrected chi connectivity index (χ0v) is 15.2. The van der Waals surface area contributed by atoms with Crippen LogP contribution < -0.4 is 19.8 Å². The van der Waals surface area contributed by atoms with E-state index in [4.69, 9.17) is 9.47 Å². The predicted molar refractivity (Wildman–Crippen MR) is 101 cm³/mol. The maximum absolute atomic E-state index is 12.4. The molecule has 0 saturated heterocycles. The zero-order valence-electron chi connectivity index (χ0n) is 14.3. The van der Waals surface area contributed by atoms with Crippen molar-refractivity contribution >= 4 is 27.5 Å². The van der Waals surface area contributed by atoms with Gasteiger partial charge in [0.05, 0.1) is 26.3 Å². The Kier molecular flexibility index (Phi) is 5.13. The van der Waals surface area contributed by atoms with Gasteiger partial charge in [-0.1, -0.05) is 12.1 Å². The van der Waals surface area contributed by atoms with E-state index < -0.39 is 10.9 Å². The molecule has 0 spiro atoms. The van der Waals surface area contributed by atoms with Crippen LogP contribution in [0.3, 0.4) is 0 Å².